The highest BCUT2D eigenvalue weighted by Crippen LogP contribution is 2.19. The lowest BCUT2D eigenvalue weighted by molar-refractivity contribution is 1.05. The zero-order chi connectivity index (χ0) is 9.97. The monoisotopic (exact) mass is 205 g/mol. The van der Waals surface area contributed by atoms with E-state index < -0.39 is 0 Å². The molecule has 1 heterocycles. The Morgan fingerprint density at radius 2 is 1.79 bits per heavy atom. The molecule has 0 radical (unpaired) electrons. The van der Waals surface area contributed by atoms with E-state index in [0.717, 1.165) is 15.8 Å². The molecular weight excluding hydrogens is 194 g/mol. The van der Waals surface area contributed by atoms with Crippen molar-refractivity contribution in [1.82, 2.24) is 10.2 Å². The topological polar surface area (TPSA) is 37.8 Å². The van der Waals surface area contributed by atoms with Gasteiger partial charge in [-0.05, 0) is 26.0 Å². The number of hydrogen-bond acceptors (Lipinski definition) is 4. The average Bonchev–Trinajstić information content (AvgIpc) is 2.56. The molecule has 0 saturated carbocycles. The van der Waals surface area contributed by atoms with Crippen LogP contribution in [0.25, 0.3) is 0 Å². The zero-order valence-corrected chi connectivity index (χ0v) is 8.93. The Morgan fingerprint density at radius 1 is 1.07 bits per heavy atom. The van der Waals surface area contributed by atoms with Crippen LogP contribution in [0.3, 0.4) is 0 Å². The lowest BCUT2D eigenvalue weighted by atomic mass is 10.2. The molecule has 0 spiro atoms. The average molecular weight is 205 g/mol. The van der Waals surface area contributed by atoms with Crippen LogP contribution in [0.4, 0.5) is 10.8 Å². The van der Waals surface area contributed by atoms with Crippen LogP contribution < -0.4 is 5.32 Å². The number of aromatic nitrogens is 2. The van der Waals surface area contributed by atoms with E-state index in [9.17, 15) is 0 Å². The molecule has 0 aliphatic heterocycles. The molecule has 2 rings (SSSR count). The predicted octanol–water partition coefficient (Wildman–Crippen LogP) is 2.90. The highest BCUT2D eigenvalue weighted by molar-refractivity contribution is 7.15. The Morgan fingerprint density at radius 3 is 2.36 bits per heavy atom. The standard InChI is InChI=1S/C10H11N3S/c1-7-3-5-9(6-4-7)11-10-13-12-8(2)14-10/h3-6H,1-2H3,(H,11,13). The molecule has 0 saturated heterocycles. The fourth-order valence-electron chi connectivity index (χ4n) is 1.11. The van der Waals surface area contributed by atoms with Crippen molar-refractivity contribution < 1.29 is 0 Å². The third kappa shape index (κ3) is 2.09. The highest BCUT2D eigenvalue weighted by atomic mass is 32.1. The summed E-state index contributed by atoms with van der Waals surface area (Å²) < 4.78 is 0. The van der Waals surface area contributed by atoms with Gasteiger partial charge in [0.25, 0.3) is 0 Å². The third-order valence-corrected chi connectivity index (χ3v) is 2.58. The molecule has 1 N–H and O–H groups in total. The van der Waals surface area contributed by atoms with Gasteiger partial charge in [0.1, 0.15) is 5.01 Å². The van der Waals surface area contributed by atoms with Gasteiger partial charge >= 0.3 is 0 Å². The number of benzene rings is 1. The van der Waals surface area contributed by atoms with Gasteiger partial charge in [0.15, 0.2) is 0 Å². The first-order valence-electron chi connectivity index (χ1n) is 4.38. The normalized spacial score (nSPS) is 10.1. The van der Waals surface area contributed by atoms with Crippen LogP contribution in [0.5, 0.6) is 0 Å². The quantitative estimate of drug-likeness (QED) is 0.819. The van der Waals surface area contributed by atoms with Crippen molar-refractivity contribution in [3.63, 3.8) is 0 Å². The van der Waals surface area contributed by atoms with Gasteiger partial charge in [-0.3, -0.25) is 0 Å². The molecule has 14 heavy (non-hydrogen) atoms. The van der Waals surface area contributed by atoms with E-state index in [1.807, 2.05) is 19.1 Å². The minimum Gasteiger partial charge on any atom is -0.330 e. The summed E-state index contributed by atoms with van der Waals surface area (Å²) >= 11 is 1.55. The summed E-state index contributed by atoms with van der Waals surface area (Å²) in [5.74, 6) is 0. The van der Waals surface area contributed by atoms with Crippen LogP contribution in [0, 0.1) is 13.8 Å². The van der Waals surface area contributed by atoms with Gasteiger partial charge in [0.2, 0.25) is 5.13 Å². The van der Waals surface area contributed by atoms with Crippen LogP contribution in [-0.2, 0) is 0 Å². The van der Waals surface area contributed by atoms with Gasteiger partial charge < -0.3 is 5.32 Å². The lowest BCUT2D eigenvalue weighted by Gasteiger charge is -2.01. The summed E-state index contributed by atoms with van der Waals surface area (Å²) in [6.07, 6.45) is 0. The minimum atomic E-state index is 0.839. The molecule has 0 aliphatic rings. The van der Waals surface area contributed by atoms with Crippen LogP contribution in [0.1, 0.15) is 10.6 Å². The second-order valence-electron chi connectivity index (χ2n) is 3.12. The maximum atomic E-state index is 3.99. The second kappa shape index (κ2) is 3.75. The summed E-state index contributed by atoms with van der Waals surface area (Å²) in [5, 5.41) is 12.9. The van der Waals surface area contributed by atoms with E-state index in [2.05, 4.69) is 34.6 Å². The maximum absolute atomic E-state index is 3.99. The van der Waals surface area contributed by atoms with E-state index >= 15 is 0 Å². The smallest absolute Gasteiger partial charge is 0.210 e. The third-order valence-electron chi connectivity index (χ3n) is 1.83. The Hall–Kier alpha value is -1.42. The van der Waals surface area contributed by atoms with Crippen LogP contribution >= 0.6 is 11.3 Å². The van der Waals surface area contributed by atoms with Crippen molar-refractivity contribution in [3.8, 4) is 0 Å². The first-order chi connectivity index (χ1) is 6.74. The van der Waals surface area contributed by atoms with E-state index in [1.54, 1.807) is 11.3 Å². The highest BCUT2D eigenvalue weighted by Gasteiger charge is 1.99. The van der Waals surface area contributed by atoms with Crippen molar-refractivity contribution >= 4 is 22.2 Å². The molecule has 0 fully saturated rings. The van der Waals surface area contributed by atoms with Crippen molar-refractivity contribution in [2.75, 3.05) is 5.32 Å². The number of nitrogens with zero attached hydrogens (tertiary/aromatic N) is 2. The van der Waals surface area contributed by atoms with Gasteiger partial charge in [-0.25, -0.2) is 0 Å². The molecule has 4 heteroatoms. The van der Waals surface area contributed by atoms with E-state index in [-0.39, 0.29) is 0 Å². The summed E-state index contributed by atoms with van der Waals surface area (Å²) in [5.41, 5.74) is 2.30. The Labute approximate surface area is 86.8 Å². The molecule has 0 aliphatic carbocycles. The molecule has 72 valence electrons. The van der Waals surface area contributed by atoms with Gasteiger partial charge in [-0.1, -0.05) is 29.0 Å². The Balaban J connectivity index is 2.15. The van der Waals surface area contributed by atoms with Gasteiger partial charge in [0.05, 0.1) is 0 Å². The van der Waals surface area contributed by atoms with Gasteiger partial charge in [-0.15, -0.1) is 10.2 Å². The largest absolute Gasteiger partial charge is 0.330 e. The molecular formula is C10H11N3S. The Kier molecular flexibility index (Phi) is 2.45. The Bertz CT molecular complexity index is 419. The summed E-state index contributed by atoms with van der Waals surface area (Å²) in [6, 6.07) is 8.20. The fraction of sp³-hybridized carbons (Fsp3) is 0.200. The summed E-state index contributed by atoms with van der Waals surface area (Å²) in [4.78, 5) is 0. The molecule has 0 unspecified atom stereocenters. The first-order valence-corrected chi connectivity index (χ1v) is 5.19. The molecule has 0 amide bonds. The van der Waals surface area contributed by atoms with E-state index in [0.29, 0.717) is 0 Å². The summed E-state index contributed by atoms with van der Waals surface area (Å²) in [7, 11) is 0. The molecule has 3 nitrogen and oxygen atoms in total. The van der Waals surface area contributed by atoms with Crippen LogP contribution in [0.2, 0.25) is 0 Å². The maximum Gasteiger partial charge on any atom is 0.210 e. The van der Waals surface area contributed by atoms with Gasteiger partial charge in [-0.2, -0.15) is 0 Å². The molecule has 0 bridgehead atoms. The summed E-state index contributed by atoms with van der Waals surface area (Å²) in [6.45, 7) is 4.01. The molecule has 1 aromatic carbocycles. The van der Waals surface area contributed by atoms with Crippen molar-refractivity contribution in [2.45, 2.75) is 13.8 Å². The first kappa shape index (κ1) is 9.15. The fourth-order valence-corrected chi connectivity index (χ4v) is 1.72. The molecule has 2 aromatic rings. The molecule has 1 aromatic heterocycles. The SMILES string of the molecule is Cc1ccc(Nc2nnc(C)s2)cc1. The second-order valence-corrected chi connectivity index (χ2v) is 4.30. The zero-order valence-electron chi connectivity index (χ0n) is 8.11. The van der Waals surface area contributed by atoms with Crippen molar-refractivity contribution in [1.29, 1.82) is 0 Å². The molecule has 0 atom stereocenters. The number of nitrogens with one attached hydrogen (secondary N) is 1. The van der Waals surface area contributed by atoms with Crippen molar-refractivity contribution in [3.05, 3.63) is 34.8 Å². The number of rotatable bonds is 2. The van der Waals surface area contributed by atoms with Crippen LogP contribution in [0.15, 0.2) is 24.3 Å². The number of anilines is 2. The number of aryl methyl sites for hydroxylation is 2. The van der Waals surface area contributed by atoms with E-state index in [4.69, 9.17) is 0 Å². The number of hydrogen-bond donors (Lipinski definition) is 1. The minimum absolute atomic E-state index is 0.839. The lowest BCUT2D eigenvalue weighted by Crippen LogP contribution is -1.88. The van der Waals surface area contributed by atoms with Crippen LogP contribution in [-0.4, -0.2) is 10.2 Å². The van der Waals surface area contributed by atoms with Gasteiger partial charge in [0, 0.05) is 5.69 Å². The predicted molar refractivity (Wildman–Crippen MR) is 59.1 cm³/mol. The van der Waals surface area contributed by atoms with Crippen molar-refractivity contribution in [2.24, 2.45) is 0 Å². The van der Waals surface area contributed by atoms with E-state index in [1.165, 1.54) is 5.56 Å².